The predicted octanol–water partition coefficient (Wildman–Crippen LogP) is 4.96. The van der Waals surface area contributed by atoms with Crippen LogP contribution in [0.4, 0.5) is 0 Å². The maximum Gasteiger partial charge on any atom is 0.338 e. The molecule has 0 saturated heterocycles. The monoisotopic (exact) mass is 471 g/mol. The van der Waals surface area contributed by atoms with Crippen LogP contribution in [0.3, 0.4) is 0 Å². The number of rotatable bonds is 10. The average Bonchev–Trinajstić information content (AvgIpc) is 2.78. The molecule has 2 aromatic carbocycles. The van der Waals surface area contributed by atoms with Crippen LogP contribution >= 0.6 is 11.6 Å². The predicted molar refractivity (Wildman–Crippen MR) is 131 cm³/mol. The molecule has 1 amide bonds. The summed E-state index contributed by atoms with van der Waals surface area (Å²) >= 11 is 6.14. The minimum absolute atomic E-state index is 0.289. The van der Waals surface area contributed by atoms with Crippen LogP contribution in [0.15, 0.2) is 59.7 Å². The zero-order chi connectivity index (χ0) is 24.2. The molecule has 0 radical (unpaired) electrons. The van der Waals surface area contributed by atoms with Gasteiger partial charge in [0.25, 0.3) is 5.91 Å². The summed E-state index contributed by atoms with van der Waals surface area (Å²) in [6.45, 7) is 8.96. The minimum atomic E-state index is -0.428. The van der Waals surface area contributed by atoms with Crippen LogP contribution in [0.25, 0.3) is 0 Å². The van der Waals surface area contributed by atoms with E-state index in [2.05, 4.69) is 29.7 Å². The number of carbonyl (C=O) groups is 2. The first-order valence-electron chi connectivity index (χ1n) is 10.8. The number of nitrogens with one attached hydrogen (secondary N) is 2. The number of hydrazone groups is 1. The summed E-state index contributed by atoms with van der Waals surface area (Å²) in [6.07, 6.45) is 3.44. The van der Waals surface area contributed by atoms with Crippen LogP contribution < -0.4 is 15.5 Å². The summed E-state index contributed by atoms with van der Waals surface area (Å²) in [7, 11) is 0. The molecule has 0 fully saturated rings. The van der Waals surface area contributed by atoms with E-state index in [1.54, 1.807) is 49.4 Å². The summed E-state index contributed by atoms with van der Waals surface area (Å²) in [4.78, 5) is 24.4. The van der Waals surface area contributed by atoms with Gasteiger partial charge in [0.1, 0.15) is 5.75 Å². The highest BCUT2D eigenvalue weighted by atomic mass is 35.5. The number of amides is 1. The lowest BCUT2D eigenvalue weighted by Crippen LogP contribution is -2.31. The lowest BCUT2D eigenvalue weighted by Gasteiger charge is -2.14. The first-order chi connectivity index (χ1) is 15.8. The Bertz CT molecular complexity index is 1000. The van der Waals surface area contributed by atoms with Gasteiger partial charge in [0.05, 0.1) is 25.3 Å². The van der Waals surface area contributed by atoms with Crippen LogP contribution in [-0.4, -0.2) is 30.9 Å². The highest BCUT2D eigenvalue weighted by Crippen LogP contribution is 2.23. The Hall–Kier alpha value is -3.32. The van der Waals surface area contributed by atoms with Crippen LogP contribution in [0.1, 0.15) is 54.0 Å². The lowest BCUT2D eigenvalue weighted by atomic mass is 10.1. The number of allylic oxidation sites excluding steroid dienone is 1. The van der Waals surface area contributed by atoms with Gasteiger partial charge in [-0.25, -0.2) is 4.79 Å². The lowest BCUT2D eigenvalue weighted by molar-refractivity contribution is 0.0526. The Kier molecular flexibility index (Phi) is 10.4. The molecule has 0 spiro atoms. The second-order valence-electron chi connectivity index (χ2n) is 7.54. The van der Waals surface area contributed by atoms with E-state index in [-0.39, 0.29) is 12.5 Å². The second kappa shape index (κ2) is 13.3. The van der Waals surface area contributed by atoms with Gasteiger partial charge in [-0.2, -0.15) is 5.10 Å². The van der Waals surface area contributed by atoms with Crippen molar-refractivity contribution in [2.24, 2.45) is 11.0 Å². The smallest absolute Gasteiger partial charge is 0.338 e. The van der Waals surface area contributed by atoms with Gasteiger partial charge in [-0.05, 0) is 68.3 Å². The van der Waals surface area contributed by atoms with E-state index in [9.17, 15) is 9.59 Å². The van der Waals surface area contributed by atoms with E-state index >= 15 is 0 Å². The Labute approximate surface area is 199 Å². The maximum absolute atomic E-state index is 12.6. The molecule has 0 bridgehead atoms. The molecule has 0 aliphatic rings. The first kappa shape index (κ1) is 25.9. The normalized spacial score (nSPS) is 11.5. The van der Waals surface area contributed by atoms with E-state index in [0.717, 1.165) is 11.3 Å². The van der Waals surface area contributed by atoms with Crippen LogP contribution in [0.2, 0.25) is 5.02 Å². The number of carbonyl (C=O) groups excluding carboxylic acids is 2. The summed E-state index contributed by atoms with van der Waals surface area (Å²) < 4.78 is 10.8. The second-order valence-corrected chi connectivity index (χ2v) is 7.98. The Balaban J connectivity index is 2.05. The maximum atomic E-state index is 12.6. The number of halogens is 1. The van der Waals surface area contributed by atoms with Crippen molar-refractivity contribution in [1.29, 1.82) is 0 Å². The van der Waals surface area contributed by atoms with E-state index in [1.807, 2.05) is 19.1 Å². The molecule has 0 aliphatic heterocycles. The van der Waals surface area contributed by atoms with Crippen molar-refractivity contribution in [2.45, 2.75) is 34.2 Å². The SMILES string of the molecule is C/C=C/C(=N\NCc1cc(Cl)ccc1OCC(C)C)NC(=O)c1ccc(C(=O)OCC)cc1. The zero-order valence-electron chi connectivity index (χ0n) is 19.4. The summed E-state index contributed by atoms with van der Waals surface area (Å²) in [6, 6.07) is 11.7. The molecule has 0 unspecified atom stereocenters. The van der Waals surface area contributed by atoms with Gasteiger partial charge in [-0.3, -0.25) is 4.79 Å². The van der Waals surface area contributed by atoms with Crippen molar-refractivity contribution in [3.05, 3.63) is 76.3 Å². The molecule has 33 heavy (non-hydrogen) atoms. The molecule has 0 heterocycles. The third kappa shape index (κ3) is 8.61. The number of hydrogen-bond donors (Lipinski definition) is 2. The summed E-state index contributed by atoms with van der Waals surface area (Å²) in [5, 5.41) is 7.63. The number of nitrogens with zero attached hydrogens (tertiary/aromatic N) is 1. The molecule has 176 valence electrons. The molecule has 0 aliphatic carbocycles. The quantitative estimate of drug-likeness (QED) is 0.221. The van der Waals surface area contributed by atoms with Crippen molar-refractivity contribution in [3.8, 4) is 5.75 Å². The Morgan fingerprint density at radius 1 is 1.12 bits per heavy atom. The van der Waals surface area contributed by atoms with Gasteiger partial charge in [0.2, 0.25) is 0 Å². The van der Waals surface area contributed by atoms with Crippen LogP contribution in [0, 0.1) is 5.92 Å². The van der Waals surface area contributed by atoms with Gasteiger partial charge in [-0.15, -0.1) is 0 Å². The van der Waals surface area contributed by atoms with E-state index in [4.69, 9.17) is 21.1 Å². The van der Waals surface area contributed by atoms with Gasteiger partial charge in [0.15, 0.2) is 5.84 Å². The third-order valence-corrected chi connectivity index (χ3v) is 4.52. The van der Waals surface area contributed by atoms with Crippen molar-refractivity contribution < 1.29 is 19.1 Å². The van der Waals surface area contributed by atoms with Gasteiger partial charge >= 0.3 is 5.97 Å². The number of esters is 1. The van der Waals surface area contributed by atoms with Crippen molar-refractivity contribution >= 4 is 29.3 Å². The van der Waals surface area contributed by atoms with Crippen LogP contribution in [-0.2, 0) is 11.3 Å². The summed E-state index contributed by atoms with van der Waals surface area (Å²) in [5.74, 6) is 0.676. The van der Waals surface area contributed by atoms with E-state index < -0.39 is 5.97 Å². The number of amidine groups is 1. The van der Waals surface area contributed by atoms with E-state index in [1.165, 1.54) is 0 Å². The molecular weight excluding hydrogens is 442 g/mol. The fourth-order valence-electron chi connectivity index (χ4n) is 2.72. The number of hydrogen-bond acceptors (Lipinski definition) is 6. The molecule has 0 saturated carbocycles. The van der Waals surface area contributed by atoms with Crippen molar-refractivity contribution in [3.63, 3.8) is 0 Å². The third-order valence-electron chi connectivity index (χ3n) is 4.29. The van der Waals surface area contributed by atoms with E-state index in [0.29, 0.717) is 41.1 Å². The highest BCUT2D eigenvalue weighted by Gasteiger charge is 2.11. The Morgan fingerprint density at radius 3 is 2.45 bits per heavy atom. The Morgan fingerprint density at radius 2 is 1.82 bits per heavy atom. The van der Waals surface area contributed by atoms with Crippen molar-refractivity contribution in [1.82, 2.24) is 10.7 Å². The highest BCUT2D eigenvalue weighted by molar-refractivity contribution is 6.30. The fraction of sp³-hybridized carbons (Fsp3) is 0.320. The molecule has 8 heteroatoms. The molecule has 2 N–H and O–H groups in total. The standard InChI is InChI=1S/C25H30ClN3O4/c1-5-7-23(28-24(30)18-8-10-19(11-9-18)25(31)32-6-2)29-27-15-20-14-21(26)12-13-22(20)33-16-17(3)4/h5,7-14,17,27H,6,15-16H2,1-4H3,(H,28,29,30)/b7-5+. The van der Waals surface area contributed by atoms with Gasteiger partial charge in [0, 0.05) is 16.1 Å². The first-order valence-corrected chi connectivity index (χ1v) is 11.1. The zero-order valence-corrected chi connectivity index (χ0v) is 20.1. The van der Waals surface area contributed by atoms with Gasteiger partial charge < -0.3 is 20.2 Å². The average molecular weight is 472 g/mol. The minimum Gasteiger partial charge on any atom is -0.493 e. The molecule has 0 aromatic heterocycles. The number of benzene rings is 2. The molecule has 7 nitrogen and oxygen atoms in total. The molecule has 0 atom stereocenters. The largest absolute Gasteiger partial charge is 0.493 e. The topological polar surface area (TPSA) is 89.0 Å². The van der Waals surface area contributed by atoms with Gasteiger partial charge in [-0.1, -0.05) is 31.5 Å². The molecule has 2 aromatic rings. The van der Waals surface area contributed by atoms with Crippen LogP contribution in [0.5, 0.6) is 5.75 Å². The molecular formula is C25H30ClN3O4. The number of ether oxygens (including phenoxy) is 2. The van der Waals surface area contributed by atoms with Crippen molar-refractivity contribution in [2.75, 3.05) is 13.2 Å². The fourth-order valence-corrected chi connectivity index (χ4v) is 2.91. The summed E-state index contributed by atoms with van der Waals surface area (Å²) in [5.41, 5.74) is 4.59. The molecule has 2 rings (SSSR count).